The quantitative estimate of drug-likeness (QED) is 0.761. The van der Waals surface area contributed by atoms with Gasteiger partial charge in [-0.05, 0) is 55.0 Å². The van der Waals surface area contributed by atoms with Crippen molar-refractivity contribution in [2.24, 2.45) is 5.92 Å². The summed E-state index contributed by atoms with van der Waals surface area (Å²) in [6.07, 6.45) is 3.69. The van der Waals surface area contributed by atoms with Crippen LogP contribution in [0.3, 0.4) is 0 Å². The summed E-state index contributed by atoms with van der Waals surface area (Å²) < 4.78 is 0. The van der Waals surface area contributed by atoms with Gasteiger partial charge in [-0.3, -0.25) is 0 Å². The Bertz CT molecular complexity index is 530. The zero-order valence-corrected chi connectivity index (χ0v) is 13.0. The Balaban J connectivity index is 1.80. The second-order valence-corrected chi connectivity index (χ2v) is 6.26. The summed E-state index contributed by atoms with van der Waals surface area (Å²) >= 11 is 0. The van der Waals surface area contributed by atoms with Crippen LogP contribution in [0, 0.1) is 5.92 Å². The maximum absolute atomic E-state index is 3.63. The van der Waals surface area contributed by atoms with Crippen molar-refractivity contribution in [2.45, 2.75) is 46.1 Å². The first-order valence-electron chi connectivity index (χ1n) is 7.86. The Morgan fingerprint density at radius 1 is 0.900 bits per heavy atom. The van der Waals surface area contributed by atoms with Gasteiger partial charge in [0.2, 0.25) is 0 Å². The largest absolute Gasteiger partial charge is 0.314 e. The molecule has 0 amide bonds. The van der Waals surface area contributed by atoms with Crippen molar-refractivity contribution >= 4 is 10.8 Å². The molecule has 1 nitrogen and oxygen atoms in total. The normalized spacial score (nSPS) is 13.0. The van der Waals surface area contributed by atoms with E-state index in [1.165, 1.54) is 29.2 Å². The number of fused-ring (bicyclic) bond motifs is 1. The molecule has 0 aliphatic heterocycles. The molecule has 0 aliphatic rings. The molecule has 0 aromatic heterocycles. The van der Waals surface area contributed by atoms with Crippen LogP contribution in [-0.4, -0.2) is 12.6 Å². The van der Waals surface area contributed by atoms with Crippen molar-refractivity contribution in [1.82, 2.24) is 5.32 Å². The van der Waals surface area contributed by atoms with Gasteiger partial charge in [-0.15, -0.1) is 0 Å². The van der Waals surface area contributed by atoms with Gasteiger partial charge >= 0.3 is 0 Å². The molecule has 2 aromatic rings. The lowest BCUT2D eigenvalue weighted by Crippen LogP contribution is -2.28. The lowest BCUT2D eigenvalue weighted by atomic mass is 10.0. The molecule has 0 spiro atoms. The van der Waals surface area contributed by atoms with E-state index < -0.39 is 0 Å². The van der Waals surface area contributed by atoms with Crippen molar-refractivity contribution in [3.8, 4) is 0 Å². The van der Waals surface area contributed by atoms with E-state index in [1.54, 1.807) is 0 Å². The monoisotopic (exact) mass is 269 g/mol. The molecule has 0 aliphatic carbocycles. The molecular formula is C19H27N. The van der Waals surface area contributed by atoms with Gasteiger partial charge in [0.25, 0.3) is 0 Å². The summed E-state index contributed by atoms with van der Waals surface area (Å²) in [4.78, 5) is 0. The fourth-order valence-electron chi connectivity index (χ4n) is 2.54. The second-order valence-electron chi connectivity index (χ2n) is 6.26. The van der Waals surface area contributed by atoms with E-state index in [4.69, 9.17) is 0 Å². The molecule has 1 unspecified atom stereocenters. The molecule has 1 N–H and O–H groups in total. The molecule has 2 aromatic carbocycles. The third-order valence-corrected chi connectivity index (χ3v) is 3.90. The van der Waals surface area contributed by atoms with E-state index >= 15 is 0 Å². The van der Waals surface area contributed by atoms with Gasteiger partial charge in [-0.2, -0.15) is 0 Å². The Hall–Kier alpha value is -1.34. The molecule has 108 valence electrons. The maximum Gasteiger partial charge on any atom is 0.00389 e. The van der Waals surface area contributed by atoms with E-state index in [9.17, 15) is 0 Å². The predicted octanol–water partition coefficient (Wildman–Crippen LogP) is 4.80. The van der Waals surface area contributed by atoms with Gasteiger partial charge in [0, 0.05) is 6.04 Å². The average molecular weight is 269 g/mol. The van der Waals surface area contributed by atoms with Crippen LogP contribution in [0.4, 0.5) is 0 Å². The Morgan fingerprint density at radius 2 is 1.65 bits per heavy atom. The van der Waals surface area contributed by atoms with Gasteiger partial charge in [0.05, 0.1) is 0 Å². The van der Waals surface area contributed by atoms with E-state index in [0.717, 1.165) is 18.9 Å². The van der Waals surface area contributed by atoms with Crippen LogP contribution in [0.1, 0.15) is 39.2 Å². The van der Waals surface area contributed by atoms with Crippen molar-refractivity contribution in [3.63, 3.8) is 0 Å². The Labute approximate surface area is 123 Å². The van der Waals surface area contributed by atoms with Gasteiger partial charge in [0.15, 0.2) is 0 Å². The summed E-state index contributed by atoms with van der Waals surface area (Å²) in [6, 6.07) is 16.0. The lowest BCUT2D eigenvalue weighted by molar-refractivity contribution is 0.453. The van der Waals surface area contributed by atoms with E-state index in [0.29, 0.717) is 6.04 Å². The highest BCUT2D eigenvalue weighted by molar-refractivity contribution is 5.82. The zero-order valence-electron chi connectivity index (χ0n) is 13.0. The van der Waals surface area contributed by atoms with Crippen LogP contribution >= 0.6 is 0 Å². The molecule has 0 heterocycles. The van der Waals surface area contributed by atoms with E-state index in [1.807, 2.05) is 0 Å². The minimum absolute atomic E-state index is 0.623. The maximum atomic E-state index is 3.63. The van der Waals surface area contributed by atoms with Crippen LogP contribution in [0.2, 0.25) is 0 Å². The minimum Gasteiger partial charge on any atom is -0.314 e. The highest BCUT2D eigenvalue weighted by Crippen LogP contribution is 2.15. The molecule has 20 heavy (non-hydrogen) atoms. The number of nitrogens with one attached hydrogen (secondary N) is 1. The molecule has 0 saturated carbocycles. The fraction of sp³-hybridized carbons (Fsp3) is 0.474. The van der Waals surface area contributed by atoms with Gasteiger partial charge < -0.3 is 5.32 Å². The number of hydrogen-bond acceptors (Lipinski definition) is 1. The van der Waals surface area contributed by atoms with Gasteiger partial charge in [-0.25, -0.2) is 0 Å². The smallest absolute Gasteiger partial charge is 0.00389 e. The second kappa shape index (κ2) is 7.44. The van der Waals surface area contributed by atoms with E-state index in [-0.39, 0.29) is 0 Å². The summed E-state index contributed by atoms with van der Waals surface area (Å²) in [6.45, 7) is 7.95. The fourth-order valence-corrected chi connectivity index (χ4v) is 2.54. The molecule has 0 saturated heterocycles. The van der Waals surface area contributed by atoms with Crippen LogP contribution in [0.25, 0.3) is 10.8 Å². The Kier molecular flexibility index (Phi) is 5.60. The average Bonchev–Trinajstić information content (AvgIpc) is 2.45. The summed E-state index contributed by atoms with van der Waals surface area (Å²) in [5.74, 6) is 0.805. The molecule has 1 atom stereocenters. The van der Waals surface area contributed by atoms with Crippen molar-refractivity contribution < 1.29 is 0 Å². The van der Waals surface area contributed by atoms with Crippen molar-refractivity contribution in [1.29, 1.82) is 0 Å². The number of rotatable bonds is 7. The number of hydrogen-bond donors (Lipinski definition) is 1. The first kappa shape index (κ1) is 15.1. The SMILES string of the molecule is CC(C)CCC(C)NCCc1ccc2ccccc2c1. The topological polar surface area (TPSA) is 12.0 Å². The predicted molar refractivity (Wildman–Crippen MR) is 89.2 cm³/mol. The highest BCUT2D eigenvalue weighted by atomic mass is 14.9. The third kappa shape index (κ3) is 4.64. The van der Waals surface area contributed by atoms with Crippen molar-refractivity contribution in [2.75, 3.05) is 6.54 Å². The van der Waals surface area contributed by atoms with Crippen molar-refractivity contribution in [3.05, 3.63) is 48.0 Å². The molecule has 0 bridgehead atoms. The van der Waals surface area contributed by atoms with Crippen LogP contribution in [0.5, 0.6) is 0 Å². The summed E-state index contributed by atoms with van der Waals surface area (Å²) in [5, 5.41) is 6.31. The highest BCUT2D eigenvalue weighted by Gasteiger charge is 2.03. The molecule has 0 radical (unpaired) electrons. The van der Waals surface area contributed by atoms with Gasteiger partial charge in [0.1, 0.15) is 0 Å². The molecule has 0 fully saturated rings. The molecule has 1 heteroatoms. The first-order chi connectivity index (χ1) is 9.65. The van der Waals surface area contributed by atoms with Gasteiger partial charge in [-0.1, -0.05) is 56.3 Å². The first-order valence-corrected chi connectivity index (χ1v) is 7.86. The van der Waals surface area contributed by atoms with Crippen LogP contribution in [0.15, 0.2) is 42.5 Å². The third-order valence-electron chi connectivity index (χ3n) is 3.90. The lowest BCUT2D eigenvalue weighted by Gasteiger charge is -2.15. The standard InChI is InChI=1S/C19H27N/c1-15(2)8-9-16(3)20-13-12-17-10-11-18-6-4-5-7-19(18)14-17/h4-7,10-11,14-16,20H,8-9,12-13H2,1-3H3. The minimum atomic E-state index is 0.623. The summed E-state index contributed by atoms with van der Waals surface area (Å²) in [5.41, 5.74) is 1.42. The van der Waals surface area contributed by atoms with E-state index in [2.05, 4.69) is 68.6 Å². The zero-order chi connectivity index (χ0) is 14.4. The molecule has 2 rings (SSSR count). The van der Waals surface area contributed by atoms with Crippen LogP contribution in [-0.2, 0) is 6.42 Å². The molecular weight excluding hydrogens is 242 g/mol. The van der Waals surface area contributed by atoms with Crippen LogP contribution < -0.4 is 5.32 Å². The summed E-state index contributed by atoms with van der Waals surface area (Å²) in [7, 11) is 0. The number of benzene rings is 2. The Morgan fingerprint density at radius 3 is 2.40 bits per heavy atom.